The number of rotatable bonds is 9. The molecule has 0 aromatic heterocycles. The highest BCUT2D eigenvalue weighted by Crippen LogP contribution is 2.57. The monoisotopic (exact) mass is 592 g/mol. The molecule has 0 unspecified atom stereocenters. The number of carbonyl (C=O) groups is 2. The Balaban J connectivity index is 1.69. The summed E-state index contributed by atoms with van der Waals surface area (Å²) in [5.41, 5.74) is 3.91. The number of likely N-dealkylation sites (tertiary alicyclic amines) is 1. The second-order valence-corrected chi connectivity index (χ2v) is 16.8. The molecular weight excluding hydrogens is 553 g/mol. The van der Waals surface area contributed by atoms with E-state index in [1.807, 2.05) is 53.4 Å². The largest absolute Gasteiger partial charge is 0.342 e. The van der Waals surface area contributed by atoms with E-state index in [4.69, 9.17) is 0 Å². The third kappa shape index (κ3) is 5.34. The predicted octanol–water partition coefficient (Wildman–Crippen LogP) is 6.80. The summed E-state index contributed by atoms with van der Waals surface area (Å²) in [7, 11) is -1.82. The molecule has 216 valence electrons. The van der Waals surface area contributed by atoms with Crippen LogP contribution in [0.5, 0.6) is 0 Å². The minimum absolute atomic E-state index is 0.0265. The molecule has 0 bridgehead atoms. The number of benzene rings is 4. The molecule has 1 heterocycles. The van der Waals surface area contributed by atoms with Crippen molar-refractivity contribution >= 4 is 32.4 Å². The molecule has 0 radical (unpaired) electrons. The van der Waals surface area contributed by atoms with Gasteiger partial charge in [-0.2, -0.15) is 0 Å². The third-order valence-electron chi connectivity index (χ3n) is 8.21. The quantitative estimate of drug-likeness (QED) is 0.132. The number of thioether (sulfide) groups is 1. The summed E-state index contributed by atoms with van der Waals surface area (Å²) in [6.45, 7) is 10.6. The Morgan fingerprint density at radius 1 is 0.762 bits per heavy atom. The van der Waals surface area contributed by atoms with Gasteiger partial charge < -0.3 is 10.2 Å². The van der Waals surface area contributed by atoms with Gasteiger partial charge in [-0.3, -0.25) is 9.59 Å². The van der Waals surface area contributed by atoms with Gasteiger partial charge in [-0.1, -0.05) is 134 Å². The van der Waals surface area contributed by atoms with Gasteiger partial charge in [-0.25, -0.2) is 0 Å². The highest BCUT2D eigenvalue weighted by Gasteiger charge is 2.67. The van der Waals surface area contributed by atoms with Crippen LogP contribution in [-0.2, 0) is 20.8 Å². The highest BCUT2D eigenvalue weighted by molar-refractivity contribution is 8.01. The predicted molar refractivity (Wildman–Crippen MR) is 177 cm³/mol. The number of β-lactam (4-membered cyclic amide) rings is 1. The minimum Gasteiger partial charge on any atom is -0.342 e. The minimum atomic E-state index is -1.82. The molecule has 4 nitrogen and oxygen atoms in total. The van der Waals surface area contributed by atoms with Gasteiger partial charge in [-0.15, -0.1) is 11.8 Å². The summed E-state index contributed by atoms with van der Waals surface area (Å²) < 4.78 is -0.628. The Hall–Kier alpha value is -3.61. The standard InChI is InChI=1S/C36H40N2O2SSi/c1-34(2,3)38-32(40)36(42(4)5,37-31(39)26-27-18-10-6-11-19-27)33(38)41-35(28-20-12-7-13-21-28,29-22-14-8-15-23-29)30-24-16-9-17-25-30/h6-25,33,42H,26H2,1-5H3,(H,37,39)/t33-,36-/m1/s1. The van der Waals surface area contributed by atoms with E-state index in [1.165, 1.54) is 0 Å². The van der Waals surface area contributed by atoms with Gasteiger partial charge in [0.2, 0.25) is 11.8 Å². The fourth-order valence-corrected chi connectivity index (χ4v) is 10.9. The topological polar surface area (TPSA) is 49.4 Å². The molecule has 0 saturated carbocycles. The fourth-order valence-electron chi connectivity index (χ4n) is 6.09. The van der Waals surface area contributed by atoms with Crippen LogP contribution in [0.1, 0.15) is 43.0 Å². The van der Waals surface area contributed by atoms with Crippen molar-refractivity contribution < 1.29 is 9.59 Å². The van der Waals surface area contributed by atoms with Gasteiger partial charge >= 0.3 is 0 Å². The maximum absolute atomic E-state index is 14.4. The third-order valence-corrected chi connectivity index (χ3v) is 12.8. The van der Waals surface area contributed by atoms with Gasteiger partial charge in [0.15, 0.2) is 0 Å². The van der Waals surface area contributed by atoms with E-state index < -0.39 is 24.2 Å². The number of carbonyl (C=O) groups excluding carboxylic acids is 2. The first kappa shape index (κ1) is 29.9. The van der Waals surface area contributed by atoms with Crippen molar-refractivity contribution in [2.45, 2.75) is 61.1 Å². The summed E-state index contributed by atoms with van der Waals surface area (Å²) in [5.74, 6) is -0.0849. The van der Waals surface area contributed by atoms with Crippen molar-refractivity contribution in [3.05, 3.63) is 144 Å². The molecule has 2 atom stereocenters. The van der Waals surface area contributed by atoms with Crippen LogP contribution in [0.25, 0.3) is 0 Å². The van der Waals surface area contributed by atoms with Crippen molar-refractivity contribution in [2.75, 3.05) is 0 Å². The van der Waals surface area contributed by atoms with E-state index in [-0.39, 0.29) is 23.6 Å². The number of nitrogens with zero attached hydrogens (tertiary/aromatic N) is 1. The van der Waals surface area contributed by atoms with Gasteiger partial charge in [0, 0.05) is 5.54 Å². The van der Waals surface area contributed by atoms with E-state index in [0.717, 1.165) is 22.3 Å². The molecule has 1 aliphatic rings. The maximum Gasteiger partial charge on any atom is 0.248 e. The SMILES string of the molecule is C[SiH](C)[C@]1(NC(=O)Cc2ccccc2)C(=O)N(C(C)(C)C)[C@@H]1SC(c1ccccc1)(c1ccccc1)c1ccccc1. The molecule has 0 spiro atoms. The molecular formula is C36H40N2O2SSi. The molecule has 1 N–H and O–H groups in total. The van der Waals surface area contributed by atoms with Crippen molar-refractivity contribution in [3.63, 3.8) is 0 Å². The molecule has 0 aliphatic carbocycles. The lowest BCUT2D eigenvalue weighted by Crippen LogP contribution is -2.86. The van der Waals surface area contributed by atoms with Crippen LogP contribution >= 0.6 is 11.8 Å². The first-order valence-electron chi connectivity index (χ1n) is 14.6. The average molecular weight is 593 g/mol. The normalized spacial score (nSPS) is 19.0. The second-order valence-electron chi connectivity index (χ2n) is 12.3. The van der Waals surface area contributed by atoms with Gasteiger partial charge in [0.1, 0.15) is 10.5 Å². The van der Waals surface area contributed by atoms with Crippen LogP contribution in [0.4, 0.5) is 0 Å². The van der Waals surface area contributed by atoms with E-state index in [9.17, 15) is 9.59 Å². The zero-order valence-electron chi connectivity index (χ0n) is 25.1. The summed E-state index contributed by atoms with van der Waals surface area (Å²) >= 11 is 1.79. The molecule has 6 heteroatoms. The highest BCUT2D eigenvalue weighted by atomic mass is 32.2. The Labute approximate surface area is 256 Å². The van der Waals surface area contributed by atoms with E-state index in [2.05, 4.69) is 112 Å². The second kappa shape index (κ2) is 11.9. The van der Waals surface area contributed by atoms with Crippen LogP contribution in [0.2, 0.25) is 13.1 Å². The van der Waals surface area contributed by atoms with Crippen LogP contribution in [0.3, 0.4) is 0 Å². The van der Waals surface area contributed by atoms with Crippen molar-refractivity contribution in [2.24, 2.45) is 0 Å². The van der Waals surface area contributed by atoms with Crippen LogP contribution in [0, 0.1) is 0 Å². The van der Waals surface area contributed by atoms with Crippen molar-refractivity contribution in [1.29, 1.82) is 0 Å². The molecule has 42 heavy (non-hydrogen) atoms. The van der Waals surface area contributed by atoms with Crippen LogP contribution < -0.4 is 5.32 Å². The number of nitrogens with one attached hydrogen (secondary N) is 1. The Morgan fingerprint density at radius 2 is 1.17 bits per heavy atom. The molecule has 4 aromatic rings. The smallest absolute Gasteiger partial charge is 0.248 e. The lowest BCUT2D eigenvalue weighted by atomic mass is 9.84. The number of amides is 2. The zero-order chi connectivity index (χ0) is 30.0. The summed E-state index contributed by atoms with van der Waals surface area (Å²) in [6, 6.07) is 41.4. The van der Waals surface area contributed by atoms with Gasteiger partial charge in [0.25, 0.3) is 0 Å². The molecule has 1 fully saturated rings. The average Bonchev–Trinajstić information content (AvgIpc) is 2.99. The molecule has 1 aliphatic heterocycles. The molecule has 4 aromatic carbocycles. The molecule has 1 saturated heterocycles. The Morgan fingerprint density at radius 3 is 1.55 bits per heavy atom. The van der Waals surface area contributed by atoms with E-state index in [1.54, 1.807) is 11.8 Å². The summed E-state index contributed by atoms with van der Waals surface area (Å²) in [5, 5.41) is 2.15. The first-order chi connectivity index (χ1) is 20.1. The zero-order valence-corrected chi connectivity index (χ0v) is 27.1. The van der Waals surface area contributed by atoms with Gasteiger partial charge in [0.05, 0.1) is 20.0 Å². The Kier molecular flexibility index (Phi) is 8.49. The van der Waals surface area contributed by atoms with Crippen LogP contribution in [-0.4, -0.2) is 41.6 Å². The lowest BCUT2D eigenvalue weighted by molar-refractivity contribution is -0.160. The first-order valence-corrected chi connectivity index (χ1v) is 18.4. The molecule has 5 rings (SSSR count). The number of hydrogen-bond acceptors (Lipinski definition) is 3. The Bertz CT molecular complexity index is 1410. The summed E-state index contributed by atoms with van der Waals surface area (Å²) in [6.07, 6.45) is 0.241. The van der Waals surface area contributed by atoms with E-state index in [0.29, 0.717) is 0 Å². The lowest BCUT2D eigenvalue weighted by Gasteiger charge is -2.63. The number of hydrogen-bond donors (Lipinski definition) is 1. The molecule has 2 amide bonds. The fraction of sp³-hybridized carbons (Fsp3) is 0.278. The van der Waals surface area contributed by atoms with Crippen molar-refractivity contribution in [3.8, 4) is 0 Å². The maximum atomic E-state index is 14.4. The van der Waals surface area contributed by atoms with Crippen molar-refractivity contribution in [1.82, 2.24) is 10.2 Å². The van der Waals surface area contributed by atoms with Gasteiger partial charge in [-0.05, 0) is 43.0 Å². The van der Waals surface area contributed by atoms with Crippen LogP contribution in [0.15, 0.2) is 121 Å². The van der Waals surface area contributed by atoms with E-state index >= 15 is 0 Å². The summed E-state index contributed by atoms with van der Waals surface area (Å²) in [4.78, 5) is 30.1.